The molecule has 1 saturated heterocycles. The lowest BCUT2D eigenvalue weighted by atomic mass is 9.74. The van der Waals surface area contributed by atoms with E-state index in [1.165, 1.54) is 4.90 Å². The number of nitrogens with zero attached hydrogens (tertiary/aromatic N) is 1. The molecule has 5 rings (SSSR count). The van der Waals surface area contributed by atoms with Crippen molar-refractivity contribution in [3.63, 3.8) is 0 Å². The number of hydrogen-bond acceptors (Lipinski definition) is 4. The van der Waals surface area contributed by atoms with Gasteiger partial charge < -0.3 is 10.0 Å². The molecule has 6 nitrogen and oxygen atoms in total. The summed E-state index contributed by atoms with van der Waals surface area (Å²) >= 11 is 0. The molecular formula is C30H29F8NO5S. The van der Waals surface area contributed by atoms with Crippen LogP contribution >= 0.6 is 0 Å². The maximum atomic E-state index is 15.0. The maximum Gasteiger partial charge on any atom is 0.435 e. The van der Waals surface area contributed by atoms with Crippen LogP contribution in [0, 0.1) is 23.6 Å². The van der Waals surface area contributed by atoms with Gasteiger partial charge in [0.2, 0.25) is 5.91 Å². The first kappa shape index (κ1) is 33.1. The Morgan fingerprint density at radius 2 is 1.62 bits per heavy atom. The number of carbonyl (C=O) groups excluding carboxylic acids is 1. The minimum Gasteiger partial charge on any atom is -0.481 e. The zero-order valence-electron chi connectivity index (χ0n) is 23.8. The van der Waals surface area contributed by atoms with Gasteiger partial charge in [-0.05, 0) is 73.8 Å². The first-order valence-electron chi connectivity index (χ1n) is 14.3. The minimum absolute atomic E-state index is 0.148. The van der Waals surface area contributed by atoms with E-state index < -0.39 is 78.6 Å². The van der Waals surface area contributed by atoms with Gasteiger partial charge in [0.05, 0.1) is 16.9 Å². The van der Waals surface area contributed by atoms with E-state index in [1.54, 1.807) is 6.92 Å². The Kier molecular flexibility index (Phi) is 8.06. The van der Waals surface area contributed by atoms with Crippen LogP contribution in [0.15, 0.2) is 47.4 Å². The largest absolute Gasteiger partial charge is 0.481 e. The number of carboxylic acids is 1. The second-order valence-corrected chi connectivity index (χ2v) is 14.4. The third kappa shape index (κ3) is 4.99. The Balaban J connectivity index is 1.63. The van der Waals surface area contributed by atoms with Crippen molar-refractivity contribution in [2.45, 2.75) is 79.2 Å². The molecule has 3 unspecified atom stereocenters. The molecule has 0 bridgehead atoms. The van der Waals surface area contributed by atoms with Crippen LogP contribution in [0.5, 0.6) is 0 Å². The van der Waals surface area contributed by atoms with Gasteiger partial charge in [-0.3, -0.25) is 9.59 Å². The number of sulfone groups is 1. The Hall–Kier alpha value is -3.23. The Morgan fingerprint density at radius 1 is 0.956 bits per heavy atom. The van der Waals surface area contributed by atoms with Crippen LogP contribution in [0.3, 0.4) is 0 Å². The molecule has 0 radical (unpaired) electrons. The van der Waals surface area contributed by atoms with Crippen molar-refractivity contribution in [1.82, 2.24) is 4.90 Å². The van der Waals surface area contributed by atoms with E-state index in [4.69, 9.17) is 0 Å². The molecule has 1 saturated carbocycles. The third-order valence-corrected chi connectivity index (χ3v) is 12.3. The van der Waals surface area contributed by atoms with Gasteiger partial charge in [0.1, 0.15) is 10.6 Å². The first-order chi connectivity index (χ1) is 20.8. The van der Waals surface area contributed by atoms with Gasteiger partial charge in [0, 0.05) is 18.0 Å². The highest BCUT2D eigenvalue weighted by molar-refractivity contribution is 7.92. The Morgan fingerprint density at radius 3 is 2.20 bits per heavy atom. The molecule has 1 N–H and O–H groups in total. The molecule has 5 atom stereocenters. The quantitative estimate of drug-likeness (QED) is 0.370. The number of halogens is 8. The highest BCUT2D eigenvalue weighted by Crippen LogP contribution is 2.57. The second-order valence-electron chi connectivity index (χ2n) is 12.1. The third-order valence-electron chi connectivity index (χ3n) is 9.77. The molecule has 2 aromatic rings. The summed E-state index contributed by atoms with van der Waals surface area (Å²) in [4.78, 5) is 26.3. The monoisotopic (exact) mass is 667 g/mol. The molecule has 2 aromatic carbocycles. The molecule has 1 aliphatic heterocycles. The van der Waals surface area contributed by atoms with Crippen molar-refractivity contribution in [2.75, 3.05) is 6.54 Å². The standard InChI is InChI=1S/C30H29F8NO5S/c1-16-13-18(5-8-22(16)26(41)42)25(40)39-12-11-27(45(43,44)21-4-2-3-20(31)15-21)23-9-7-19(14-17(23)6-10-24(27)39)28(32,29(33,34)35)30(36,37)38/h2-4,7,9,14-16,18,22,24H,5-6,8,10-13H2,1H3,(H,41,42)/t16-,18?,22+,24?,27?/m0/s1. The van der Waals surface area contributed by atoms with Crippen molar-refractivity contribution in [2.24, 2.45) is 17.8 Å². The van der Waals surface area contributed by atoms with E-state index in [1.807, 2.05) is 0 Å². The number of hydrogen-bond donors (Lipinski definition) is 1. The molecular weight excluding hydrogens is 638 g/mol. The van der Waals surface area contributed by atoms with Crippen LogP contribution in [-0.2, 0) is 36.3 Å². The first-order valence-corrected chi connectivity index (χ1v) is 15.8. The highest BCUT2D eigenvalue weighted by atomic mass is 32.2. The summed E-state index contributed by atoms with van der Waals surface area (Å²) in [7, 11) is -4.68. The number of likely N-dealkylation sites (tertiary alicyclic amines) is 1. The molecule has 3 aliphatic rings. The lowest BCUT2D eigenvalue weighted by molar-refractivity contribution is -0.348. The van der Waals surface area contributed by atoms with Gasteiger partial charge in [-0.2, -0.15) is 26.3 Å². The van der Waals surface area contributed by atoms with Gasteiger partial charge in [0.15, 0.2) is 9.84 Å². The summed E-state index contributed by atoms with van der Waals surface area (Å²) in [6.45, 7) is 1.55. The fraction of sp³-hybridized carbons (Fsp3) is 0.533. The van der Waals surface area contributed by atoms with E-state index in [-0.39, 0.29) is 68.2 Å². The number of aliphatic carboxylic acids is 1. The molecule has 2 fully saturated rings. The molecule has 0 spiro atoms. The van der Waals surface area contributed by atoms with Gasteiger partial charge in [0.25, 0.3) is 0 Å². The van der Waals surface area contributed by atoms with Crippen molar-refractivity contribution < 1.29 is 58.2 Å². The average molecular weight is 668 g/mol. The van der Waals surface area contributed by atoms with Crippen LogP contribution in [0.1, 0.15) is 55.7 Å². The van der Waals surface area contributed by atoms with Gasteiger partial charge in [-0.25, -0.2) is 17.2 Å². The number of carboxylic acid groups (broad SMARTS) is 1. The predicted molar refractivity (Wildman–Crippen MR) is 143 cm³/mol. The summed E-state index contributed by atoms with van der Waals surface area (Å²) in [6, 6.07) is 4.22. The summed E-state index contributed by atoms with van der Waals surface area (Å²) in [5.74, 6) is -4.01. The summed E-state index contributed by atoms with van der Waals surface area (Å²) in [5.41, 5.74) is -7.93. The highest BCUT2D eigenvalue weighted by Gasteiger charge is 2.74. The zero-order chi connectivity index (χ0) is 33.3. The molecule has 0 aromatic heterocycles. The minimum atomic E-state index is -6.38. The van der Waals surface area contributed by atoms with E-state index in [0.717, 1.165) is 30.3 Å². The van der Waals surface area contributed by atoms with Crippen LogP contribution in [0.25, 0.3) is 0 Å². The number of aryl methyl sites for hydroxylation is 1. The van der Waals surface area contributed by atoms with Gasteiger partial charge in [-0.1, -0.05) is 31.2 Å². The summed E-state index contributed by atoms with van der Waals surface area (Å²) in [6.07, 6.45) is -12.9. The SMILES string of the molecule is C[C@H]1CC(C(=O)N2CCC3(S(=O)(=O)c4cccc(F)c4)c4ccc(C(F)(C(F)(F)F)C(F)(F)F)cc4CCC23)CC[C@H]1C(=O)O. The predicted octanol–water partition coefficient (Wildman–Crippen LogP) is 6.47. The topological polar surface area (TPSA) is 91.8 Å². The average Bonchev–Trinajstić information content (AvgIpc) is 3.36. The fourth-order valence-corrected chi connectivity index (χ4v) is 9.96. The number of fused-ring (bicyclic) bond motifs is 3. The number of benzene rings is 2. The normalized spacial score (nSPS) is 27.5. The maximum absolute atomic E-state index is 15.0. The van der Waals surface area contributed by atoms with Gasteiger partial charge in [-0.15, -0.1) is 0 Å². The molecule has 45 heavy (non-hydrogen) atoms. The smallest absolute Gasteiger partial charge is 0.435 e. The number of rotatable bonds is 5. The van der Waals surface area contributed by atoms with Crippen molar-refractivity contribution in [3.05, 3.63) is 65.0 Å². The second kappa shape index (κ2) is 10.9. The molecule has 2 aliphatic carbocycles. The number of carbonyl (C=O) groups is 2. The van der Waals surface area contributed by atoms with Crippen LogP contribution in [0.2, 0.25) is 0 Å². The number of alkyl halides is 7. The zero-order valence-corrected chi connectivity index (χ0v) is 24.6. The van der Waals surface area contributed by atoms with Crippen molar-refractivity contribution >= 4 is 21.7 Å². The molecule has 15 heteroatoms. The molecule has 1 heterocycles. The van der Waals surface area contributed by atoms with E-state index in [0.29, 0.717) is 6.07 Å². The lowest BCUT2D eigenvalue weighted by Crippen LogP contribution is -2.54. The summed E-state index contributed by atoms with van der Waals surface area (Å²) in [5, 5.41) is 9.47. The Bertz CT molecular complexity index is 1610. The van der Waals surface area contributed by atoms with Gasteiger partial charge >= 0.3 is 24.0 Å². The van der Waals surface area contributed by atoms with Crippen LogP contribution in [-0.4, -0.2) is 55.2 Å². The Labute approximate surface area is 253 Å². The van der Waals surface area contributed by atoms with Crippen LogP contribution < -0.4 is 0 Å². The fourth-order valence-electron chi connectivity index (χ4n) is 7.56. The van der Waals surface area contributed by atoms with E-state index >= 15 is 0 Å². The van der Waals surface area contributed by atoms with Crippen LogP contribution in [0.4, 0.5) is 35.1 Å². The van der Waals surface area contributed by atoms with Crippen molar-refractivity contribution in [3.8, 4) is 0 Å². The van der Waals surface area contributed by atoms with E-state index in [2.05, 4.69) is 0 Å². The van der Waals surface area contributed by atoms with E-state index in [9.17, 15) is 58.2 Å². The number of amides is 1. The molecule has 246 valence electrons. The summed E-state index contributed by atoms with van der Waals surface area (Å²) < 4.78 is 137. The lowest BCUT2D eigenvalue weighted by Gasteiger charge is -2.44. The van der Waals surface area contributed by atoms with Crippen molar-refractivity contribution in [1.29, 1.82) is 0 Å². The molecule has 1 amide bonds.